The van der Waals surface area contributed by atoms with E-state index in [1.54, 1.807) is 0 Å². The number of ether oxygens (including phenoxy) is 1. The van der Waals surface area contributed by atoms with Crippen LogP contribution in [0.5, 0.6) is 0 Å². The molecule has 0 fully saturated rings. The minimum Gasteiger partial charge on any atom is -0.458 e. The molecule has 0 aromatic heterocycles. The van der Waals surface area contributed by atoms with E-state index in [4.69, 9.17) is 4.74 Å². The highest BCUT2D eigenvalue weighted by atomic mass is 16.5. The van der Waals surface area contributed by atoms with Crippen LogP contribution < -0.4 is 0 Å². The Bertz CT molecular complexity index is 766. The van der Waals surface area contributed by atoms with Gasteiger partial charge in [0.2, 0.25) is 0 Å². The highest BCUT2D eigenvalue weighted by Crippen LogP contribution is 2.31. The Labute approximate surface area is 165 Å². The summed E-state index contributed by atoms with van der Waals surface area (Å²) in [4.78, 5) is 11.9. The van der Waals surface area contributed by atoms with Crippen molar-refractivity contribution in [1.29, 1.82) is 0 Å². The van der Waals surface area contributed by atoms with Crippen molar-refractivity contribution in [2.24, 2.45) is 0 Å². The molecular weight excluding hydrogens is 332 g/mol. The zero-order chi connectivity index (χ0) is 20.0. The molecule has 1 aliphatic rings. The first kappa shape index (κ1) is 21.2. The van der Waals surface area contributed by atoms with E-state index in [9.17, 15) is 4.79 Å². The van der Waals surface area contributed by atoms with Gasteiger partial charge in [-0.25, -0.2) is 4.79 Å². The molecule has 2 heteroatoms. The summed E-state index contributed by atoms with van der Waals surface area (Å²) >= 11 is 0. The molecule has 146 valence electrons. The largest absolute Gasteiger partial charge is 0.458 e. The molecule has 1 heterocycles. The van der Waals surface area contributed by atoms with E-state index >= 15 is 0 Å². The van der Waals surface area contributed by atoms with Gasteiger partial charge in [-0.1, -0.05) is 62.3 Å². The smallest absolute Gasteiger partial charge is 0.338 e. The van der Waals surface area contributed by atoms with Crippen molar-refractivity contribution in [3.63, 3.8) is 0 Å². The number of hydrogen-bond acceptors (Lipinski definition) is 2. The Morgan fingerprint density at radius 2 is 1.85 bits per heavy atom. The van der Waals surface area contributed by atoms with Gasteiger partial charge in [0.25, 0.3) is 0 Å². The van der Waals surface area contributed by atoms with Gasteiger partial charge in [-0.15, -0.1) is 0 Å². The molecule has 0 atom stereocenters. The number of aryl methyl sites for hydroxylation is 1. The van der Waals surface area contributed by atoms with Gasteiger partial charge in [0.1, 0.15) is 6.61 Å². The van der Waals surface area contributed by atoms with Crippen molar-refractivity contribution in [2.45, 2.75) is 72.6 Å². The van der Waals surface area contributed by atoms with Crippen LogP contribution in [0.15, 0.2) is 47.6 Å². The first-order chi connectivity index (χ1) is 12.7. The summed E-state index contributed by atoms with van der Waals surface area (Å²) in [6.45, 7) is 13.6. The standard InChI is InChI=1S/C25H34O2/c1-18(2)9-7-10-19(3)11-8-12-21-17-20(22-15-16-27-24(22)26)13-14-23(21)25(4,5)6/h9,11,13-15,17H,7-8,10,12,16H2,1-6H3/b19-11+. The van der Waals surface area contributed by atoms with Crippen molar-refractivity contribution >= 4 is 11.5 Å². The van der Waals surface area contributed by atoms with Crippen LogP contribution in [0.25, 0.3) is 5.57 Å². The van der Waals surface area contributed by atoms with Crippen LogP contribution in [0.2, 0.25) is 0 Å². The van der Waals surface area contributed by atoms with Crippen molar-refractivity contribution in [1.82, 2.24) is 0 Å². The van der Waals surface area contributed by atoms with Gasteiger partial charge in [0.05, 0.1) is 5.57 Å². The second-order valence-electron chi connectivity index (χ2n) is 8.75. The molecule has 0 saturated carbocycles. The minimum absolute atomic E-state index is 0.0840. The average Bonchev–Trinajstić information content (AvgIpc) is 2.99. The average molecular weight is 367 g/mol. The Balaban J connectivity index is 2.15. The molecule has 0 radical (unpaired) electrons. The van der Waals surface area contributed by atoms with Crippen molar-refractivity contribution in [3.8, 4) is 0 Å². The molecule has 0 saturated heterocycles. The summed E-state index contributed by atoms with van der Waals surface area (Å²) in [5.74, 6) is -0.209. The topological polar surface area (TPSA) is 26.3 Å². The van der Waals surface area contributed by atoms with Crippen LogP contribution in [0, 0.1) is 0 Å². The lowest BCUT2D eigenvalue weighted by atomic mass is 9.81. The van der Waals surface area contributed by atoms with Crippen molar-refractivity contribution in [2.75, 3.05) is 6.61 Å². The Morgan fingerprint density at radius 1 is 1.11 bits per heavy atom. The Hall–Kier alpha value is -2.09. The second kappa shape index (κ2) is 9.21. The lowest BCUT2D eigenvalue weighted by Crippen LogP contribution is -2.15. The minimum atomic E-state index is -0.209. The van der Waals surface area contributed by atoms with Gasteiger partial charge in [0.15, 0.2) is 0 Å². The SMILES string of the molecule is CC(C)=CCC/C(C)=C/CCc1cc(C2=CCOC2=O)ccc1C(C)(C)C. The zero-order valence-electron chi connectivity index (χ0n) is 17.8. The fourth-order valence-electron chi connectivity index (χ4n) is 3.46. The number of cyclic esters (lactones) is 1. The fourth-order valence-corrected chi connectivity index (χ4v) is 3.46. The van der Waals surface area contributed by atoms with Crippen LogP contribution in [-0.2, 0) is 21.4 Å². The van der Waals surface area contributed by atoms with Gasteiger partial charge in [-0.3, -0.25) is 0 Å². The number of benzene rings is 1. The molecule has 2 rings (SSSR count). The van der Waals surface area contributed by atoms with E-state index in [1.807, 2.05) is 6.08 Å². The predicted octanol–water partition coefficient (Wildman–Crippen LogP) is 6.55. The summed E-state index contributed by atoms with van der Waals surface area (Å²) in [5.41, 5.74) is 7.27. The summed E-state index contributed by atoms with van der Waals surface area (Å²) in [7, 11) is 0. The molecule has 0 unspecified atom stereocenters. The number of rotatable bonds is 7. The van der Waals surface area contributed by atoms with Gasteiger partial charge in [-0.2, -0.15) is 0 Å². The number of carbonyl (C=O) groups is 1. The fraction of sp³-hybridized carbons (Fsp3) is 0.480. The van der Waals surface area contributed by atoms with E-state index in [0.717, 1.165) is 31.2 Å². The zero-order valence-corrected chi connectivity index (χ0v) is 17.8. The Morgan fingerprint density at radius 3 is 2.44 bits per heavy atom. The Kier molecular flexibility index (Phi) is 7.24. The van der Waals surface area contributed by atoms with Crippen molar-refractivity contribution < 1.29 is 9.53 Å². The molecule has 0 amide bonds. The number of carbonyl (C=O) groups excluding carboxylic acids is 1. The molecule has 1 aromatic carbocycles. The highest BCUT2D eigenvalue weighted by Gasteiger charge is 2.22. The summed E-state index contributed by atoms with van der Waals surface area (Å²) in [6, 6.07) is 6.43. The molecule has 1 aliphatic heterocycles. The number of hydrogen-bond donors (Lipinski definition) is 0. The maximum atomic E-state index is 11.9. The molecule has 2 nitrogen and oxygen atoms in total. The maximum Gasteiger partial charge on any atom is 0.338 e. The van der Waals surface area contributed by atoms with Gasteiger partial charge >= 0.3 is 5.97 Å². The van der Waals surface area contributed by atoms with E-state index in [2.05, 4.69) is 71.9 Å². The van der Waals surface area contributed by atoms with Crippen LogP contribution in [0.1, 0.15) is 77.5 Å². The number of allylic oxidation sites excluding steroid dienone is 4. The quantitative estimate of drug-likeness (QED) is 0.404. The summed E-state index contributed by atoms with van der Waals surface area (Å²) in [6.07, 6.45) is 10.8. The van der Waals surface area contributed by atoms with Crippen LogP contribution in [0.4, 0.5) is 0 Å². The molecule has 27 heavy (non-hydrogen) atoms. The lowest BCUT2D eigenvalue weighted by Gasteiger charge is -2.23. The molecule has 1 aromatic rings. The van der Waals surface area contributed by atoms with Crippen LogP contribution >= 0.6 is 0 Å². The van der Waals surface area contributed by atoms with E-state index in [1.165, 1.54) is 22.3 Å². The maximum absolute atomic E-state index is 11.9. The van der Waals surface area contributed by atoms with E-state index in [0.29, 0.717) is 12.2 Å². The van der Waals surface area contributed by atoms with Crippen LogP contribution in [0.3, 0.4) is 0 Å². The molecule has 0 N–H and O–H groups in total. The van der Waals surface area contributed by atoms with E-state index in [-0.39, 0.29) is 11.4 Å². The third-order valence-corrected chi connectivity index (χ3v) is 4.94. The van der Waals surface area contributed by atoms with Gasteiger partial charge in [0, 0.05) is 0 Å². The third kappa shape index (κ3) is 6.23. The third-order valence-electron chi connectivity index (χ3n) is 4.94. The molecular formula is C25H34O2. The second-order valence-corrected chi connectivity index (χ2v) is 8.75. The van der Waals surface area contributed by atoms with Gasteiger partial charge in [-0.05, 0) is 74.6 Å². The molecule has 0 spiro atoms. The normalized spacial score (nSPS) is 14.8. The monoisotopic (exact) mass is 366 g/mol. The number of esters is 1. The van der Waals surface area contributed by atoms with Gasteiger partial charge < -0.3 is 4.74 Å². The summed E-state index contributed by atoms with van der Waals surface area (Å²) < 4.78 is 5.08. The molecule has 0 bridgehead atoms. The lowest BCUT2D eigenvalue weighted by molar-refractivity contribution is -0.133. The summed E-state index contributed by atoms with van der Waals surface area (Å²) in [5, 5.41) is 0. The predicted molar refractivity (Wildman–Crippen MR) is 115 cm³/mol. The first-order valence-electron chi connectivity index (χ1n) is 9.98. The van der Waals surface area contributed by atoms with Crippen molar-refractivity contribution in [3.05, 3.63) is 64.3 Å². The first-order valence-corrected chi connectivity index (χ1v) is 9.98. The van der Waals surface area contributed by atoms with Crippen LogP contribution in [-0.4, -0.2) is 12.6 Å². The van der Waals surface area contributed by atoms with E-state index < -0.39 is 0 Å². The molecule has 0 aliphatic carbocycles. The highest BCUT2D eigenvalue weighted by molar-refractivity contribution is 6.18.